The number of oxazole rings is 1. The highest BCUT2D eigenvalue weighted by molar-refractivity contribution is 5.94. The molecule has 0 spiro atoms. The molecule has 0 radical (unpaired) electrons. The first kappa shape index (κ1) is 13.9. The fourth-order valence-corrected chi connectivity index (χ4v) is 2.83. The van der Waals surface area contributed by atoms with Crippen molar-refractivity contribution in [3.8, 4) is 0 Å². The van der Waals surface area contributed by atoms with Gasteiger partial charge in [-0.25, -0.2) is 4.79 Å². The molecule has 112 valence electrons. The van der Waals surface area contributed by atoms with E-state index in [1.54, 1.807) is 25.2 Å². The third kappa shape index (κ3) is 2.71. The van der Waals surface area contributed by atoms with Gasteiger partial charge in [-0.1, -0.05) is 0 Å². The number of carbonyl (C=O) groups excluding carboxylic acids is 1. The molecule has 2 aromatic rings. The number of hydrogen-bond donors (Lipinski definition) is 2. The quantitative estimate of drug-likeness (QED) is 0.877. The molecule has 1 saturated heterocycles. The van der Waals surface area contributed by atoms with Crippen LogP contribution in [-0.4, -0.2) is 23.1 Å². The number of anilines is 1. The van der Waals surface area contributed by atoms with Crippen LogP contribution in [0.2, 0.25) is 0 Å². The zero-order valence-corrected chi connectivity index (χ0v) is 12.2. The Morgan fingerprint density at radius 3 is 3.05 bits per heavy atom. The van der Waals surface area contributed by atoms with Crippen molar-refractivity contribution in [2.24, 2.45) is 13.0 Å². The largest absolute Gasteiger partial charge is 0.419 e. The molecule has 1 aliphatic rings. The highest BCUT2D eigenvalue weighted by atomic mass is 16.4. The van der Waals surface area contributed by atoms with E-state index in [0.29, 0.717) is 22.8 Å². The van der Waals surface area contributed by atoms with Gasteiger partial charge >= 0.3 is 5.76 Å². The lowest BCUT2D eigenvalue weighted by Gasteiger charge is -2.27. The lowest BCUT2D eigenvalue weighted by molar-refractivity contribution is -0.120. The summed E-state index contributed by atoms with van der Waals surface area (Å²) in [4.78, 5) is 23.7. The fraction of sp³-hybridized carbons (Fsp3) is 0.467. The van der Waals surface area contributed by atoms with Crippen molar-refractivity contribution in [1.82, 2.24) is 9.88 Å². The number of aryl methyl sites for hydroxylation is 1. The van der Waals surface area contributed by atoms with Crippen LogP contribution in [-0.2, 0) is 11.8 Å². The first-order valence-electron chi connectivity index (χ1n) is 7.18. The van der Waals surface area contributed by atoms with Gasteiger partial charge in [0.2, 0.25) is 5.91 Å². The molecule has 2 heterocycles. The van der Waals surface area contributed by atoms with Crippen molar-refractivity contribution >= 4 is 22.7 Å². The van der Waals surface area contributed by atoms with Crippen LogP contribution in [0.3, 0.4) is 0 Å². The minimum atomic E-state index is -0.402. The van der Waals surface area contributed by atoms with Crippen LogP contribution in [0.25, 0.3) is 11.1 Å². The van der Waals surface area contributed by atoms with Crippen LogP contribution in [0.5, 0.6) is 0 Å². The predicted octanol–water partition coefficient (Wildman–Crippen LogP) is 1.46. The standard InChI is InChI=1S/C15H19N3O3/c1-9-7-10(5-6-16-9)14(19)17-11-3-4-12-13(8-11)21-15(20)18(12)2/h3-4,8-10,16H,5-7H2,1-2H3,(H,17,19)/t9-,10-/m0/s1. The van der Waals surface area contributed by atoms with Crippen molar-refractivity contribution in [3.05, 3.63) is 28.7 Å². The molecule has 6 nitrogen and oxygen atoms in total. The van der Waals surface area contributed by atoms with Crippen LogP contribution >= 0.6 is 0 Å². The van der Waals surface area contributed by atoms with Gasteiger partial charge in [0.15, 0.2) is 5.58 Å². The monoisotopic (exact) mass is 289 g/mol. The molecule has 6 heteroatoms. The molecule has 1 aliphatic heterocycles. The SMILES string of the molecule is C[C@H]1C[C@@H](C(=O)Nc2ccc3c(c2)oc(=O)n3C)CCN1. The van der Waals surface area contributed by atoms with E-state index >= 15 is 0 Å². The summed E-state index contributed by atoms with van der Waals surface area (Å²) in [7, 11) is 1.66. The first-order valence-corrected chi connectivity index (χ1v) is 7.18. The van der Waals surface area contributed by atoms with Gasteiger partial charge < -0.3 is 15.1 Å². The van der Waals surface area contributed by atoms with Gasteiger partial charge in [-0.05, 0) is 38.4 Å². The Labute approximate surface area is 122 Å². The van der Waals surface area contributed by atoms with Crippen molar-refractivity contribution < 1.29 is 9.21 Å². The lowest BCUT2D eigenvalue weighted by atomic mass is 9.92. The van der Waals surface area contributed by atoms with E-state index in [4.69, 9.17) is 4.42 Å². The van der Waals surface area contributed by atoms with Crippen LogP contribution in [0.15, 0.2) is 27.4 Å². The zero-order valence-electron chi connectivity index (χ0n) is 12.2. The summed E-state index contributed by atoms with van der Waals surface area (Å²) < 4.78 is 6.57. The number of rotatable bonds is 2. The molecule has 1 amide bonds. The summed E-state index contributed by atoms with van der Waals surface area (Å²) in [5.41, 5.74) is 1.86. The molecule has 21 heavy (non-hydrogen) atoms. The van der Waals surface area contributed by atoms with Gasteiger partial charge in [0, 0.05) is 30.8 Å². The summed E-state index contributed by atoms with van der Waals surface area (Å²) in [5.74, 6) is -0.346. The third-order valence-corrected chi connectivity index (χ3v) is 4.05. The summed E-state index contributed by atoms with van der Waals surface area (Å²) in [6.07, 6.45) is 1.69. The van der Waals surface area contributed by atoms with E-state index < -0.39 is 5.76 Å². The van der Waals surface area contributed by atoms with E-state index in [1.807, 2.05) is 0 Å². The number of carbonyl (C=O) groups is 1. The smallest absolute Gasteiger partial charge is 0.408 e. The number of nitrogens with one attached hydrogen (secondary N) is 2. The minimum absolute atomic E-state index is 0.0275. The van der Waals surface area contributed by atoms with Gasteiger partial charge in [-0.15, -0.1) is 0 Å². The number of piperidine rings is 1. The topological polar surface area (TPSA) is 76.3 Å². The highest BCUT2D eigenvalue weighted by Gasteiger charge is 2.24. The van der Waals surface area contributed by atoms with Crippen molar-refractivity contribution in [3.63, 3.8) is 0 Å². The molecular formula is C15H19N3O3. The summed E-state index contributed by atoms with van der Waals surface area (Å²) in [5, 5.41) is 6.25. The van der Waals surface area contributed by atoms with Crippen LogP contribution in [0.4, 0.5) is 5.69 Å². The molecule has 0 bridgehead atoms. The molecule has 0 aliphatic carbocycles. The maximum atomic E-state index is 12.3. The molecule has 2 atom stereocenters. The maximum absolute atomic E-state index is 12.3. The van der Waals surface area contributed by atoms with Crippen molar-refractivity contribution in [2.75, 3.05) is 11.9 Å². The number of hydrogen-bond acceptors (Lipinski definition) is 4. The number of nitrogens with zero attached hydrogens (tertiary/aromatic N) is 1. The van der Waals surface area contributed by atoms with Crippen LogP contribution < -0.4 is 16.4 Å². The third-order valence-electron chi connectivity index (χ3n) is 4.05. The molecule has 1 fully saturated rings. The maximum Gasteiger partial charge on any atom is 0.419 e. The Morgan fingerprint density at radius 2 is 2.29 bits per heavy atom. The second-order valence-corrected chi connectivity index (χ2v) is 5.68. The predicted molar refractivity (Wildman–Crippen MR) is 80.3 cm³/mol. The normalized spacial score (nSPS) is 22.4. The highest BCUT2D eigenvalue weighted by Crippen LogP contribution is 2.21. The number of benzene rings is 1. The molecular weight excluding hydrogens is 270 g/mol. The molecule has 1 aromatic heterocycles. The van der Waals surface area contributed by atoms with E-state index in [2.05, 4.69) is 17.6 Å². The van der Waals surface area contributed by atoms with Gasteiger partial charge in [0.25, 0.3) is 0 Å². The molecule has 3 rings (SSSR count). The van der Waals surface area contributed by atoms with E-state index in [9.17, 15) is 9.59 Å². The number of fused-ring (bicyclic) bond motifs is 1. The van der Waals surface area contributed by atoms with Gasteiger partial charge in [0.1, 0.15) is 0 Å². The second-order valence-electron chi connectivity index (χ2n) is 5.68. The molecule has 1 aromatic carbocycles. The van der Waals surface area contributed by atoms with Gasteiger partial charge in [-0.3, -0.25) is 9.36 Å². The Balaban J connectivity index is 1.78. The Kier molecular flexibility index (Phi) is 3.55. The van der Waals surface area contributed by atoms with E-state index in [0.717, 1.165) is 19.4 Å². The number of amides is 1. The fourth-order valence-electron chi connectivity index (χ4n) is 2.83. The number of aromatic nitrogens is 1. The van der Waals surface area contributed by atoms with Crippen molar-refractivity contribution in [1.29, 1.82) is 0 Å². The summed E-state index contributed by atoms with van der Waals surface area (Å²) in [6, 6.07) is 5.63. The molecule has 0 unspecified atom stereocenters. The van der Waals surface area contributed by atoms with Crippen LogP contribution in [0, 0.1) is 5.92 Å². The van der Waals surface area contributed by atoms with Gasteiger partial charge in [-0.2, -0.15) is 0 Å². The molecule has 0 saturated carbocycles. The van der Waals surface area contributed by atoms with Crippen LogP contribution in [0.1, 0.15) is 19.8 Å². The average Bonchev–Trinajstić information content (AvgIpc) is 2.73. The average molecular weight is 289 g/mol. The van der Waals surface area contributed by atoms with E-state index in [1.165, 1.54) is 4.57 Å². The van der Waals surface area contributed by atoms with Crippen molar-refractivity contribution in [2.45, 2.75) is 25.8 Å². The van der Waals surface area contributed by atoms with E-state index in [-0.39, 0.29) is 11.8 Å². The lowest BCUT2D eigenvalue weighted by Crippen LogP contribution is -2.40. The van der Waals surface area contributed by atoms with Gasteiger partial charge in [0.05, 0.1) is 5.52 Å². The Bertz CT molecular complexity index is 731. The Morgan fingerprint density at radius 1 is 1.48 bits per heavy atom. The molecule has 2 N–H and O–H groups in total. The summed E-state index contributed by atoms with van der Waals surface area (Å²) >= 11 is 0. The zero-order chi connectivity index (χ0) is 15.0. The summed E-state index contributed by atoms with van der Waals surface area (Å²) in [6.45, 7) is 2.95. The first-order chi connectivity index (χ1) is 10.0. The Hall–Kier alpha value is -2.08. The minimum Gasteiger partial charge on any atom is -0.408 e. The second kappa shape index (κ2) is 5.37.